The van der Waals surface area contributed by atoms with Crippen molar-refractivity contribution in [3.05, 3.63) is 41.0 Å². The Morgan fingerprint density at radius 1 is 1.30 bits per heavy atom. The average molecular weight is 430 g/mol. The van der Waals surface area contributed by atoms with Crippen LogP contribution in [0.25, 0.3) is 11.1 Å². The number of piperidine rings is 1. The third-order valence-electron chi connectivity index (χ3n) is 5.16. The van der Waals surface area contributed by atoms with Crippen LogP contribution >= 0.6 is 11.3 Å². The number of amides is 1. The van der Waals surface area contributed by atoms with Crippen LogP contribution in [0.1, 0.15) is 36.5 Å². The molecule has 1 fully saturated rings. The van der Waals surface area contributed by atoms with Crippen molar-refractivity contribution in [2.45, 2.75) is 26.2 Å². The number of nitriles is 1. The van der Waals surface area contributed by atoms with Gasteiger partial charge in [-0.3, -0.25) is 4.79 Å². The molecule has 3 rings (SSSR count). The summed E-state index contributed by atoms with van der Waals surface area (Å²) < 4.78 is 18.5. The average Bonchev–Trinajstić information content (AvgIpc) is 3.16. The SMILES string of the molecule is CCOC(=O)c1c(-c2ccc(F)cc2)csc1NC(=O)C1CCN(CCC#N)CC1. The van der Waals surface area contributed by atoms with Crippen molar-refractivity contribution in [3.63, 3.8) is 0 Å². The number of benzene rings is 1. The second-order valence-electron chi connectivity index (χ2n) is 7.09. The molecule has 0 unspecified atom stereocenters. The maximum absolute atomic E-state index is 13.3. The summed E-state index contributed by atoms with van der Waals surface area (Å²) in [4.78, 5) is 27.6. The highest BCUT2D eigenvalue weighted by Gasteiger charge is 2.28. The number of hydrogen-bond donors (Lipinski definition) is 1. The molecule has 30 heavy (non-hydrogen) atoms. The fourth-order valence-corrected chi connectivity index (χ4v) is 4.50. The molecule has 1 saturated heterocycles. The molecule has 1 aromatic heterocycles. The summed E-state index contributed by atoms with van der Waals surface area (Å²) in [5.74, 6) is -1.14. The molecule has 1 aromatic carbocycles. The van der Waals surface area contributed by atoms with E-state index in [2.05, 4.69) is 16.3 Å². The smallest absolute Gasteiger partial charge is 0.341 e. The van der Waals surface area contributed by atoms with E-state index >= 15 is 0 Å². The highest BCUT2D eigenvalue weighted by atomic mass is 32.1. The molecular formula is C22H24FN3O3S. The van der Waals surface area contributed by atoms with Gasteiger partial charge in [0.25, 0.3) is 0 Å². The number of likely N-dealkylation sites (tertiary alicyclic amines) is 1. The Hall–Kier alpha value is -2.76. The van der Waals surface area contributed by atoms with Crippen molar-refractivity contribution in [3.8, 4) is 17.2 Å². The number of anilines is 1. The van der Waals surface area contributed by atoms with Crippen LogP contribution in [0, 0.1) is 23.1 Å². The third kappa shape index (κ3) is 5.23. The fraction of sp³-hybridized carbons (Fsp3) is 0.409. The van der Waals surface area contributed by atoms with Gasteiger partial charge in [-0.1, -0.05) is 12.1 Å². The van der Waals surface area contributed by atoms with Crippen molar-refractivity contribution in [2.75, 3.05) is 31.6 Å². The number of esters is 1. The van der Waals surface area contributed by atoms with Crippen LogP contribution in [0.3, 0.4) is 0 Å². The van der Waals surface area contributed by atoms with Crippen LogP contribution in [0.15, 0.2) is 29.6 Å². The van der Waals surface area contributed by atoms with Gasteiger partial charge < -0.3 is 15.0 Å². The van der Waals surface area contributed by atoms with Gasteiger partial charge in [-0.25, -0.2) is 9.18 Å². The van der Waals surface area contributed by atoms with Crippen molar-refractivity contribution >= 4 is 28.2 Å². The number of halogens is 1. The summed E-state index contributed by atoms with van der Waals surface area (Å²) in [5, 5.41) is 13.9. The zero-order valence-electron chi connectivity index (χ0n) is 16.8. The Balaban J connectivity index is 1.75. The third-order valence-corrected chi connectivity index (χ3v) is 6.06. The quantitative estimate of drug-likeness (QED) is 0.664. The molecule has 2 heterocycles. The molecule has 8 heteroatoms. The molecule has 6 nitrogen and oxygen atoms in total. The van der Waals surface area contributed by atoms with Crippen LogP contribution in [0.2, 0.25) is 0 Å². The molecule has 1 aliphatic rings. The number of nitrogens with zero attached hydrogens (tertiary/aromatic N) is 2. The lowest BCUT2D eigenvalue weighted by Crippen LogP contribution is -2.38. The summed E-state index contributed by atoms with van der Waals surface area (Å²) in [6.45, 7) is 4.21. The normalized spacial score (nSPS) is 14.8. The van der Waals surface area contributed by atoms with E-state index in [-0.39, 0.29) is 24.2 Å². The Morgan fingerprint density at radius 3 is 2.63 bits per heavy atom. The summed E-state index contributed by atoms with van der Waals surface area (Å²) in [6.07, 6.45) is 1.91. The van der Waals surface area contributed by atoms with Gasteiger partial charge in [-0.05, 0) is 50.6 Å². The second-order valence-corrected chi connectivity index (χ2v) is 7.97. The summed E-state index contributed by atoms with van der Waals surface area (Å²) >= 11 is 1.26. The minimum Gasteiger partial charge on any atom is -0.462 e. The predicted octanol–water partition coefficient (Wildman–Crippen LogP) is 4.30. The van der Waals surface area contributed by atoms with E-state index in [0.717, 1.165) is 19.6 Å². The molecule has 0 spiro atoms. The first-order chi connectivity index (χ1) is 14.5. The number of nitrogens with one attached hydrogen (secondary N) is 1. The largest absolute Gasteiger partial charge is 0.462 e. The highest BCUT2D eigenvalue weighted by Crippen LogP contribution is 2.37. The molecule has 1 N–H and O–H groups in total. The summed E-state index contributed by atoms with van der Waals surface area (Å²) in [5.41, 5.74) is 1.59. The van der Waals surface area contributed by atoms with Gasteiger partial charge in [0.1, 0.15) is 16.4 Å². The van der Waals surface area contributed by atoms with Crippen LogP contribution in [0.4, 0.5) is 9.39 Å². The maximum Gasteiger partial charge on any atom is 0.341 e. The number of thiophene rings is 1. The van der Waals surface area contributed by atoms with Gasteiger partial charge in [-0.15, -0.1) is 11.3 Å². The van der Waals surface area contributed by atoms with E-state index in [1.807, 2.05) is 0 Å². The highest BCUT2D eigenvalue weighted by molar-refractivity contribution is 7.15. The van der Waals surface area contributed by atoms with Crippen LogP contribution in [0.5, 0.6) is 0 Å². The number of carbonyl (C=O) groups excluding carboxylic acids is 2. The Bertz CT molecular complexity index is 928. The molecule has 0 aliphatic carbocycles. The number of hydrogen-bond acceptors (Lipinski definition) is 6. The van der Waals surface area contributed by atoms with Gasteiger partial charge in [-0.2, -0.15) is 5.26 Å². The van der Waals surface area contributed by atoms with Crippen molar-refractivity contribution in [2.24, 2.45) is 5.92 Å². The number of ether oxygens (including phenoxy) is 1. The first-order valence-corrected chi connectivity index (χ1v) is 10.9. The first kappa shape index (κ1) is 21.9. The molecule has 0 saturated carbocycles. The van der Waals surface area contributed by atoms with Gasteiger partial charge in [0.2, 0.25) is 5.91 Å². The van der Waals surface area contributed by atoms with Crippen molar-refractivity contribution in [1.29, 1.82) is 5.26 Å². The fourth-order valence-electron chi connectivity index (χ4n) is 3.54. The van der Waals surface area contributed by atoms with Crippen LogP contribution < -0.4 is 5.32 Å². The van der Waals surface area contributed by atoms with E-state index in [9.17, 15) is 14.0 Å². The van der Waals surface area contributed by atoms with Crippen molar-refractivity contribution in [1.82, 2.24) is 4.90 Å². The van der Waals surface area contributed by atoms with Gasteiger partial charge in [0.15, 0.2) is 0 Å². The van der Waals surface area contributed by atoms with E-state index in [4.69, 9.17) is 10.00 Å². The molecule has 2 aromatic rings. The number of carbonyl (C=O) groups is 2. The van der Waals surface area contributed by atoms with Crippen molar-refractivity contribution < 1.29 is 18.7 Å². The molecule has 0 radical (unpaired) electrons. The maximum atomic E-state index is 13.3. The summed E-state index contributed by atoms with van der Waals surface area (Å²) in [6, 6.07) is 8.01. The lowest BCUT2D eigenvalue weighted by Gasteiger charge is -2.30. The van der Waals surface area contributed by atoms with E-state index < -0.39 is 5.97 Å². The van der Waals surface area contributed by atoms with E-state index in [1.165, 1.54) is 23.5 Å². The van der Waals surface area contributed by atoms with Crippen LogP contribution in [-0.2, 0) is 9.53 Å². The first-order valence-electron chi connectivity index (χ1n) is 9.98. The lowest BCUT2D eigenvalue weighted by atomic mass is 9.95. The summed E-state index contributed by atoms with van der Waals surface area (Å²) in [7, 11) is 0. The Morgan fingerprint density at radius 2 is 2.00 bits per heavy atom. The molecule has 0 atom stereocenters. The Kier molecular flexibility index (Phi) is 7.55. The topological polar surface area (TPSA) is 82.4 Å². The standard InChI is InChI=1S/C22H24FN3O3S/c1-2-29-22(28)19-18(15-4-6-17(23)7-5-15)14-30-21(19)25-20(27)16-8-12-26(13-9-16)11-3-10-24/h4-7,14,16H,2-3,8-9,11-13H2,1H3,(H,25,27). The zero-order valence-corrected chi connectivity index (χ0v) is 17.6. The molecule has 158 valence electrons. The minimum absolute atomic E-state index is 0.118. The lowest BCUT2D eigenvalue weighted by molar-refractivity contribution is -0.121. The van der Waals surface area contributed by atoms with Gasteiger partial charge >= 0.3 is 5.97 Å². The minimum atomic E-state index is -0.514. The molecule has 1 aliphatic heterocycles. The van der Waals surface area contributed by atoms with E-state index in [0.29, 0.717) is 41.0 Å². The Labute approximate surface area is 179 Å². The van der Waals surface area contributed by atoms with E-state index in [1.54, 1.807) is 24.4 Å². The number of rotatable bonds is 7. The molecular weight excluding hydrogens is 405 g/mol. The van der Waals surface area contributed by atoms with Gasteiger partial charge in [0, 0.05) is 29.8 Å². The molecule has 1 amide bonds. The second kappa shape index (κ2) is 10.3. The van der Waals surface area contributed by atoms with Gasteiger partial charge in [0.05, 0.1) is 12.7 Å². The monoisotopic (exact) mass is 429 g/mol. The molecule has 0 bridgehead atoms. The van der Waals surface area contributed by atoms with Crippen LogP contribution in [-0.4, -0.2) is 43.0 Å². The predicted molar refractivity (Wildman–Crippen MR) is 114 cm³/mol. The zero-order chi connectivity index (χ0) is 21.5.